The zero-order valence-electron chi connectivity index (χ0n) is 34.7. The number of carbonyl (C=O) groups excluding carboxylic acids is 4. The number of benzene rings is 1. The molecule has 16 nitrogen and oxygen atoms in total. The van der Waals surface area contributed by atoms with Crippen LogP contribution in [0.2, 0.25) is 0 Å². The van der Waals surface area contributed by atoms with E-state index in [1.807, 2.05) is 24.0 Å². The number of ether oxygens (including phenoxy) is 5. The first-order valence-electron chi connectivity index (χ1n) is 18.3. The van der Waals surface area contributed by atoms with Crippen LogP contribution in [-0.2, 0) is 42.9 Å². The number of esters is 2. The molecule has 1 aromatic heterocycles. The molecule has 2 rings (SSSR count). The SMILES string of the molecule is [C-]#[N+]c1sc(N=Nc2ccc(N(CCOCCOCCOC(=O)CC(C/C=C/C)C(=O)[O-])CCOCCOC(=O)C(C/C=C/C)CC(=O)[O-])cc2C)c(C#N)c1C.[Na+].[Na+]. The van der Waals surface area contributed by atoms with Crippen LogP contribution in [0, 0.1) is 43.6 Å². The summed E-state index contributed by atoms with van der Waals surface area (Å²) in [6.07, 6.45) is 6.46. The zero-order valence-corrected chi connectivity index (χ0v) is 39.5. The van der Waals surface area contributed by atoms with Gasteiger partial charge in [-0.15, -0.1) is 21.6 Å². The van der Waals surface area contributed by atoms with Crippen molar-refractivity contribution >= 4 is 56.6 Å². The molecule has 0 amide bonds. The van der Waals surface area contributed by atoms with Gasteiger partial charge in [-0.1, -0.05) is 24.3 Å². The van der Waals surface area contributed by atoms with E-state index in [4.69, 9.17) is 30.3 Å². The number of aliphatic carboxylic acids is 2. The molecule has 2 aromatic rings. The van der Waals surface area contributed by atoms with Crippen molar-refractivity contribution in [1.82, 2.24) is 0 Å². The Hall–Kier alpha value is -3.46. The summed E-state index contributed by atoms with van der Waals surface area (Å²) < 4.78 is 27.3. The van der Waals surface area contributed by atoms with Gasteiger partial charge in [-0.05, 0) is 69.9 Å². The van der Waals surface area contributed by atoms with Crippen LogP contribution in [0.15, 0.2) is 52.7 Å². The Kier molecular flexibility index (Phi) is 30.4. The molecule has 0 bridgehead atoms. The second kappa shape index (κ2) is 32.3. The normalized spacial score (nSPS) is 12.0. The third kappa shape index (κ3) is 21.6. The number of rotatable bonds is 28. The number of thiophene rings is 1. The number of aryl methyl sites for hydroxylation is 1. The predicted molar refractivity (Wildman–Crippen MR) is 207 cm³/mol. The maximum Gasteiger partial charge on any atom is 1.00 e. The summed E-state index contributed by atoms with van der Waals surface area (Å²) in [5, 5.41) is 41.2. The molecular formula is C40H49N5Na2O11S. The molecule has 2 unspecified atom stereocenters. The van der Waals surface area contributed by atoms with E-state index >= 15 is 0 Å². The van der Waals surface area contributed by atoms with E-state index < -0.39 is 42.1 Å². The number of nitriles is 1. The quantitative estimate of drug-likeness (QED) is 0.0241. The first kappa shape index (κ1) is 55.5. The van der Waals surface area contributed by atoms with E-state index in [0.29, 0.717) is 46.5 Å². The number of carbonyl (C=O) groups is 4. The number of anilines is 1. The fraction of sp³-hybridized carbons (Fsp3) is 0.500. The fourth-order valence-electron chi connectivity index (χ4n) is 5.11. The Bertz CT molecular complexity index is 1810. The molecule has 1 aromatic carbocycles. The second-order valence-corrected chi connectivity index (χ2v) is 13.4. The van der Waals surface area contributed by atoms with Crippen LogP contribution in [0.3, 0.4) is 0 Å². The number of nitrogens with zero attached hydrogens (tertiary/aromatic N) is 5. The Morgan fingerprint density at radius 2 is 1.44 bits per heavy atom. The molecule has 0 fully saturated rings. The van der Waals surface area contributed by atoms with Gasteiger partial charge in [0, 0.05) is 43.1 Å². The number of carboxylic acids is 2. The van der Waals surface area contributed by atoms with Crippen molar-refractivity contribution in [2.45, 2.75) is 53.4 Å². The molecule has 0 aliphatic rings. The van der Waals surface area contributed by atoms with Crippen molar-refractivity contribution in [3.05, 3.63) is 70.6 Å². The van der Waals surface area contributed by atoms with Crippen molar-refractivity contribution in [3.63, 3.8) is 0 Å². The van der Waals surface area contributed by atoms with E-state index in [0.717, 1.165) is 22.6 Å². The number of hydrogen-bond acceptors (Lipinski definition) is 16. The van der Waals surface area contributed by atoms with E-state index in [2.05, 4.69) is 21.1 Å². The maximum atomic E-state index is 12.4. The summed E-state index contributed by atoms with van der Waals surface area (Å²) in [5.41, 5.74) is 3.12. The largest absolute Gasteiger partial charge is 1.00 e. The van der Waals surface area contributed by atoms with Crippen LogP contribution >= 0.6 is 11.3 Å². The van der Waals surface area contributed by atoms with Gasteiger partial charge < -0.3 is 48.4 Å². The minimum absolute atomic E-state index is 0. The number of hydrogen-bond donors (Lipinski definition) is 0. The van der Waals surface area contributed by atoms with Crippen molar-refractivity contribution in [2.24, 2.45) is 22.1 Å². The molecular weight excluding hydrogens is 805 g/mol. The van der Waals surface area contributed by atoms with Crippen molar-refractivity contribution in [3.8, 4) is 6.07 Å². The number of allylic oxidation sites excluding steroid dienone is 4. The van der Waals surface area contributed by atoms with Crippen LogP contribution < -0.4 is 74.2 Å². The Morgan fingerprint density at radius 3 is 1.98 bits per heavy atom. The summed E-state index contributed by atoms with van der Waals surface area (Å²) in [6, 6.07) is 7.68. The molecule has 0 spiro atoms. The first-order valence-corrected chi connectivity index (χ1v) is 19.1. The van der Waals surface area contributed by atoms with Crippen molar-refractivity contribution in [1.29, 1.82) is 5.26 Å². The Labute approximate surface area is 394 Å². The summed E-state index contributed by atoms with van der Waals surface area (Å²) >= 11 is 1.11. The van der Waals surface area contributed by atoms with Gasteiger partial charge in [0.2, 0.25) is 5.00 Å². The van der Waals surface area contributed by atoms with E-state index in [-0.39, 0.29) is 125 Å². The van der Waals surface area contributed by atoms with Crippen LogP contribution in [0.5, 0.6) is 0 Å². The summed E-state index contributed by atoms with van der Waals surface area (Å²) in [4.78, 5) is 52.2. The van der Waals surface area contributed by atoms with E-state index in [9.17, 15) is 34.7 Å². The third-order valence-electron chi connectivity index (χ3n) is 8.26. The Balaban J connectivity index is 0.0000168. The summed E-state index contributed by atoms with van der Waals surface area (Å²) in [6.45, 7) is 16.5. The monoisotopic (exact) mass is 853 g/mol. The predicted octanol–water partition coefficient (Wildman–Crippen LogP) is -1.40. The standard InChI is InChI=1S/C40H51N5O11S.2Na/c1-6-8-10-30(39(49)50)26-36(48)55-22-20-54-19-18-52-16-14-45(15-17-53-21-23-56-40(51)31(11-9-7-2)25-35(46)47)32-12-13-34(28(3)24-32)43-44-38-33(27-41)29(4)37(42-5)57-38;;/h6-9,12-13,24,30-31H,10-11,14-23,25-26H2,1-4H3,(H,46,47)(H,49,50);;/q;2*+1/p-2/b8-6+,9-7+,44-43?;;. The molecule has 308 valence electrons. The van der Waals surface area contributed by atoms with Gasteiger partial charge in [-0.2, -0.15) is 5.26 Å². The van der Waals surface area contributed by atoms with Crippen LogP contribution in [0.25, 0.3) is 4.85 Å². The average Bonchev–Trinajstić information content (AvgIpc) is 3.50. The molecule has 0 aliphatic heterocycles. The third-order valence-corrected chi connectivity index (χ3v) is 9.33. The van der Waals surface area contributed by atoms with Gasteiger partial charge in [0.25, 0.3) is 0 Å². The summed E-state index contributed by atoms with van der Waals surface area (Å²) in [7, 11) is 0. The second-order valence-electron chi connectivity index (χ2n) is 12.4. The molecule has 19 heteroatoms. The van der Waals surface area contributed by atoms with E-state index in [1.54, 1.807) is 51.1 Å². The molecule has 0 radical (unpaired) electrons. The minimum Gasteiger partial charge on any atom is -0.550 e. The average molecular weight is 854 g/mol. The fourth-order valence-corrected chi connectivity index (χ4v) is 5.97. The molecule has 1 heterocycles. The number of azo groups is 1. The zero-order chi connectivity index (χ0) is 42.0. The van der Waals surface area contributed by atoms with E-state index in [1.165, 1.54) is 0 Å². The molecule has 0 aliphatic carbocycles. The van der Waals surface area contributed by atoms with Crippen molar-refractivity contribution in [2.75, 3.05) is 70.8 Å². The van der Waals surface area contributed by atoms with Gasteiger partial charge in [-0.3, -0.25) is 9.59 Å². The van der Waals surface area contributed by atoms with Crippen LogP contribution in [0.1, 0.15) is 56.2 Å². The van der Waals surface area contributed by atoms with Crippen molar-refractivity contribution < 1.29 is 112 Å². The molecule has 0 N–H and O–H groups in total. The molecule has 0 saturated heterocycles. The Morgan fingerprint density at radius 1 is 0.864 bits per heavy atom. The van der Waals surface area contributed by atoms with Crippen LogP contribution in [0.4, 0.5) is 21.4 Å². The summed E-state index contributed by atoms with van der Waals surface area (Å²) in [5.74, 6) is -5.72. The molecule has 0 saturated carbocycles. The minimum atomic E-state index is -1.33. The van der Waals surface area contributed by atoms with Gasteiger partial charge in [0.05, 0.1) is 69.8 Å². The maximum absolute atomic E-state index is 12.4. The topological polar surface area (TPSA) is 217 Å². The van der Waals surface area contributed by atoms with Gasteiger partial charge in [-0.25, -0.2) is 4.85 Å². The molecule has 59 heavy (non-hydrogen) atoms. The van der Waals surface area contributed by atoms with Gasteiger partial charge in [0.1, 0.15) is 24.3 Å². The first-order chi connectivity index (χ1) is 27.4. The molecule has 2 atom stereocenters. The smallest absolute Gasteiger partial charge is 0.550 e. The number of carboxylic acid groups (broad SMARTS) is 2. The van der Waals surface area contributed by atoms with Gasteiger partial charge >= 0.3 is 71.1 Å². The van der Waals surface area contributed by atoms with Crippen LogP contribution in [-0.4, -0.2) is 89.8 Å². The van der Waals surface area contributed by atoms with Gasteiger partial charge in [0.15, 0.2) is 0 Å².